The highest BCUT2D eigenvalue weighted by Crippen LogP contribution is 2.30. The largest absolute Gasteiger partial charge is 0.504 e. The van der Waals surface area contributed by atoms with Crippen LogP contribution in [0.15, 0.2) is 24.3 Å². The fraction of sp³-hybridized carbons (Fsp3) is 0.100. The fourth-order valence-corrected chi connectivity index (χ4v) is 1.40. The molecule has 4 heteroatoms. The summed E-state index contributed by atoms with van der Waals surface area (Å²) in [6.45, 7) is 1.70. The number of fused-ring (bicyclic) bond motifs is 1. The molecule has 14 heavy (non-hydrogen) atoms. The van der Waals surface area contributed by atoms with Gasteiger partial charge in [0.05, 0.1) is 5.39 Å². The third-order valence-electron chi connectivity index (χ3n) is 2.21. The van der Waals surface area contributed by atoms with Gasteiger partial charge < -0.3 is 10.2 Å². The summed E-state index contributed by atoms with van der Waals surface area (Å²) in [6.07, 6.45) is 0. The van der Waals surface area contributed by atoms with Crippen LogP contribution < -0.4 is 4.73 Å². The molecule has 0 bridgehead atoms. The van der Waals surface area contributed by atoms with Gasteiger partial charge in [-0.1, -0.05) is 0 Å². The SMILES string of the molecule is Cc1ccc2ccc(O)c(O)c2[n+]1O. The summed E-state index contributed by atoms with van der Waals surface area (Å²) in [5.74, 6) is -0.556. The van der Waals surface area contributed by atoms with Crippen molar-refractivity contribution in [2.45, 2.75) is 6.92 Å². The normalized spacial score (nSPS) is 10.6. The number of rotatable bonds is 0. The highest BCUT2D eigenvalue weighted by atomic mass is 16.5. The molecule has 0 amide bonds. The maximum absolute atomic E-state index is 9.61. The predicted molar refractivity (Wildman–Crippen MR) is 49.4 cm³/mol. The first-order chi connectivity index (χ1) is 6.61. The maximum Gasteiger partial charge on any atom is 0.310 e. The van der Waals surface area contributed by atoms with Gasteiger partial charge in [-0.25, -0.2) is 0 Å². The van der Waals surface area contributed by atoms with Crippen LogP contribution in [0.2, 0.25) is 0 Å². The molecule has 0 radical (unpaired) electrons. The summed E-state index contributed by atoms with van der Waals surface area (Å²) in [7, 11) is 0. The molecule has 0 atom stereocenters. The van der Waals surface area contributed by atoms with Crippen molar-refractivity contribution in [2.24, 2.45) is 0 Å². The number of benzene rings is 1. The van der Waals surface area contributed by atoms with Crippen molar-refractivity contribution in [3.8, 4) is 11.5 Å². The zero-order chi connectivity index (χ0) is 10.3. The molecule has 0 unspecified atom stereocenters. The molecule has 72 valence electrons. The second kappa shape index (κ2) is 2.77. The molecule has 2 aromatic rings. The predicted octanol–water partition coefficient (Wildman–Crippen LogP) is 1.08. The zero-order valence-electron chi connectivity index (χ0n) is 7.60. The first kappa shape index (κ1) is 8.62. The fourth-order valence-electron chi connectivity index (χ4n) is 1.40. The van der Waals surface area contributed by atoms with E-state index in [4.69, 9.17) is 0 Å². The maximum atomic E-state index is 9.61. The van der Waals surface area contributed by atoms with Gasteiger partial charge in [-0.3, -0.25) is 5.21 Å². The molecular weight excluding hydrogens is 182 g/mol. The van der Waals surface area contributed by atoms with Crippen molar-refractivity contribution in [1.29, 1.82) is 0 Å². The lowest BCUT2D eigenvalue weighted by Crippen LogP contribution is -2.34. The number of hydrogen-bond acceptors (Lipinski definition) is 3. The molecule has 1 heterocycles. The van der Waals surface area contributed by atoms with Crippen molar-refractivity contribution in [3.05, 3.63) is 30.0 Å². The Morgan fingerprint density at radius 1 is 1.07 bits per heavy atom. The summed E-state index contributed by atoms with van der Waals surface area (Å²) in [5.41, 5.74) is 0.795. The Bertz CT molecular complexity index is 465. The van der Waals surface area contributed by atoms with Crippen molar-refractivity contribution < 1.29 is 20.2 Å². The lowest BCUT2D eigenvalue weighted by molar-refractivity contribution is -0.888. The first-order valence-electron chi connectivity index (χ1n) is 4.17. The molecule has 3 N–H and O–H groups in total. The van der Waals surface area contributed by atoms with Gasteiger partial charge in [-0.05, 0) is 18.2 Å². The van der Waals surface area contributed by atoms with E-state index in [1.807, 2.05) is 0 Å². The van der Waals surface area contributed by atoms with Crippen molar-refractivity contribution >= 4 is 10.9 Å². The number of hydrogen-bond donors (Lipinski definition) is 3. The van der Waals surface area contributed by atoms with Gasteiger partial charge in [0.25, 0.3) is 0 Å². The topological polar surface area (TPSA) is 64.6 Å². The monoisotopic (exact) mass is 192 g/mol. The Labute approximate surface area is 80.2 Å². The van der Waals surface area contributed by atoms with Crippen LogP contribution in [0.5, 0.6) is 11.5 Å². The van der Waals surface area contributed by atoms with Crippen LogP contribution in [0.25, 0.3) is 10.9 Å². The van der Waals surface area contributed by atoms with Crippen LogP contribution in [0.3, 0.4) is 0 Å². The van der Waals surface area contributed by atoms with E-state index in [9.17, 15) is 15.4 Å². The van der Waals surface area contributed by atoms with Gasteiger partial charge in [0.2, 0.25) is 11.4 Å². The van der Waals surface area contributed by atoms with Crippen LogP contribution >= 0.6 is 0 Å². The molecule has 2 rings (SSSR count). The van der Waals surface area contributed by atoms with Crippen LogP contribution in [0, 0.1) is 6.92 Å². The number of phenols is 2. The van der Waals surface area contributed by atoms with Gasteiger partial charge in [-0.15, -0.1) is 0 Å². The Kier molecular flexibility index (Phi) is 1.70. The molecule has 0 aliphatic rings. The Hall–Kier alpha value is -1.97. The highest BCUT2D eigenvalue weighted by Gasteiger charge is 2.18. The minimum Gasteiger partial charge on any atom is -0.504 e. The lowest BCUT2D eigenvalue weighted by atomic mass is 10.2. The van der Waals surface area contributed by atoms with Crippen LogP contribution in [0.1, 0.15) is 5.69 Å². The van der Waals surface area contributed by atoms with Crippen molar-refractivity contribution in [1.82, 2.24) is 0 Å². The minimum absolute atomic E-state index is 0.213. The second-order valence-corrected chi connectivity index (χ2v) is 3.16. The summed E-state index contributed by atoms with van der Waals surface area (Å²) in [6, 6.07) is 6.49. The quantitative estimate of drug-likeness (QED) is 0.332. The molecule has 0 aliphatic carbocycles. The van der Waals surface area contributed by atoms with E-state index in [-0.39, 0.29) is 17.0 Å². The average Bonchev–Trinajstić information content (AvgIpc) is 2.17. The summed E-state index contributed by atoms with van der Waals surface area (Å²) >= 11 is 0. The average molecular weight is 192 g/mol. The molecule has 4 nitrogen and oxygen atoms in total. The Morgan fingerprint density at radius 3 is 2.43 bits per heavy atom. The summed E-state index contributed by atoms with van der Waals surface area (Å²) < 4.78 is 0.852. The lowest BCUT2D eigenvalue weighted by Gasteiger charge is -2.00. The van der Waals surface area contributed by atoms with Gasteiger partial charge in [0.15, 0.2) is 5.75 Å². The molecular formula is C10H10NO3+. The molecule has 0 spiro atoms. The third-order valence-corrected chi connectivity index (χ3v) is 2.21. The smallest absolute Gasteiger partial charge is 0.310 e. The van der Waals surface area contributed by atoms with Gasteiger partial charge in [0.1, 0.15) is 0 Å². The number of aromatic hydroxyl groups is 2. The second-order valence-electron chi connectivity index (χ2n) is 3.16. The standard InChI is InChI=1S/C10H9NO3/c1-6-2-3-7-4-5-8(12)10(13)9(7)11(6)14/h2-5,13-14H,1H3/p+1. The van der Waals surface area contributed by atoms with E-state index in [1.165, 1.54) is 6.07 Å². The number of phenolic OH excluding ortho intramolecular Hbond substituents is 2. The highest BCUT2D eigenvalue weighted by molar-refractivity contribution is 5.83. The van der Waals surface area contributed by atoms with Crippen LogP contribution in [0.4, 0.5) is 0 Å². The first-order valence-corrected chi connectivity index (χ1v) is 4.17. The number of pyridine rings is 1. The number of aromatic nitrogens is 1. The Morgan fingerprint density at radius 2 is 1.71 bits per heavy atom. The van der Waals surface area contributed by atoms with Crippen LogP contribution in [-0.4, -0.2) is 15.4 Å². The number of aryl methyl sites for hydroxylation is 1. The van der Waals surface area contributed by atoms with E-state index >= 15 is 0 Å². The van der Waals surface area contributed by atoms with Crippen LogP contribution in [-0.2, 0) is 0 Å². The summed E-state index contributed by atoms with van der Waals surface area (Å²) in [4.78, 5) is 0. The molecule has 0 fully saturated rings. The number of nitrogens with zero attached hydrogens (tertiary/aromatic N) is 1. The molecule has 0 saturated heterocycles. The van der Waals surface area contributed by atoms with E-state index in [1.54, 1.807) is 25.1 Å². The van der Waals surface area contributed by atoms with Gasteiger partial charge in [0, 0.05) is 17.7 Å². The van der Waals surface area contributed by atoms with Crippen molar-refractivity contribution in [2.75, 3.05) is 0 Å². The third kappa shape index (κ3) is 1.04. The van der Waals surface area contributed by atoms with E-state index < -0.39 is 0 Å². The molecule has 0 aliphatic heterocycles. The van der Waals surface area contributed by atoms with E-state index in [2.05, 4.69) is 0 Å². The van der Waals surface area contributed by atoms with Gasteiger partial charge in [-0.2, -0.15) is 0 Å². The van der Waals surface area contributed by atoms with E-state index in [0.717, 1.165) is 4.73 Å². The Balaban J connectivity index is 2.98. The molecule has 1 aromatic heterocycles. The van der Waals surface area contributed by atoms with E-state index in [0.29, 0.717) is 11.1 Å². The molecule has 0 saturated carbocycles. The molecule has 1 aromatic carbocycles. The minimum atomic E-state index is -0.311. The van der Waals surface area contributed by atoms with Crippen molar-refractivity contribution in [3.63, 3.8) is 0 Å². The van der Waals surface area contributed by atoms with Gasteiger partial charge >= 0.3 is 5.52 Å². The zero-order valence-corrected chi connectivity index (χ0v) is 7.60. The summed E-state index contributed by atoms with van der Waals surface area (Å²) in [5, 5.41) is 29.1.